The minimum absolute atomic E-state index is 0.187. The molecule has 5 heteroatoms. The lowest BCUT2D eigenvalue weighted by atomic mass is 10.0. The maximum atomic E-state index is 14.4. The summed E-state index contributed by atoms with van der Waals surface area (Å²) in [6, 6.07) is 18.7. The van der Waals surface area contributed by atoms with Gasteiger partial charge in [0.2, 0.25) is 0 Å². The number of rotatable bonds is 5. The standard InChI is InChI=1S/C20H23FN2O2/c21-18-13-22-12-11-19(18)23(14-16-7-3-1-4-8-16)20(24)25-15-17-9-5-2-6-10-17/h1-10,18-19,22H,11-15H2/t18-,19+/m0/s1. The van der Waals surface area contributed by atoms with E-state index in [0.717, 1.165) is 11.1 Å². The molecule has 0 aromatic heterocycles. The van der Waals surface area contributed by atoms with Crippen molar-refractivity contribution in [2.75, 3.05) is 13.1 Å². The summed E-state index contributed by atoms with van der Waals surface area (Å²) < 4.78 is 19.9. The van der Waals surface area contributed by atoms with Gasteiger partial charge >= 0.3 is 6.09 Å². The molecule has 0 radical (unpaired) electrons. The van der Waals surface area contributed by atoms with Gasteiger partial charge in [-0.3, -0.25) is 4.90 Å². The Morgan fingerprint density at radius 1 is 1.08 bits per heavy atom. The first-order valence-electron chi connectivity index (χ1n) is 8.60. The summed E-state index contributed by atoms with van der Waals surface area (Å²) in [6.45, 7) is 1.50. The molecule has 2 atom stereocenters. The predicted octanol–water partition coefficient (Wildman–Crippen LogP) is 3.53. The molecule has 1 aliphatic rings. The Morgan fingerprint density at radius 3 is 2.36 bits per heavy atom. The second kappa shape index (κ2) is 8.62. The van der Waals surface area contributed by atoms with Crippen molar-refractivity contribution in [1.82, 2.24) is 10.2 Å². The van der Waals surface area contributed by atoms with Crippen LogP contribution in [0.4, 0.5) is 9.18 Å². The van der Waals surface area contributed by atoms with Crippen molar-refractivity contribution >= 4 is 6.09 Å². The molecule has 1 N–H and O–H groups in total. The van der Waals surface area contributed by atoms with Crippen molar-refractivity contribution in [2.24, 2.45) is 0 Å². The minimum atomic E-state index is -1.10. The second-order valence-corrected chi connectivity index (χ2v) is 6.23. The van der Waals surface area contributed by atoms with Crippen molar-refractivity contribution in [3.63, 3.8) is 0 Å². The Balaban J connectivity index is 1.71. The van der Waals surface area contributed by atoms with Crippen LogP contribution in [0.15, 0.2) is 60.7 Å². The van der Waals surface area contributed by atoms with Crippen molar-refractivity contribution in [1.29, 1.82) is 0 Å². The SMILES string of the molecule is O=C(OCc1ccccc1)N(Cc1ccccc1)[C@@H]1CCNC[C@@H]1F. The van der Waals surface area contributed by atoms with Crippen LogP contribution in [-0.2, 0) is 17.9 Å². The molecule has 2 aromatic carbocycles. The Bertz CT molecular complexity index is 666. The van der Waals surface area contributed by atoms with Gasteiger partial charge in [-0.2, -0.15) is 0 Å². The molecule has 0 saturated carbocycles. The molecule has 132 valence electrons. The van der Waals surface area contributed by atoms with Crippen molar-refractivity contribution in [3.05, 3.63) is 71.8 Å². The van der Waals surface area contributed by atoms with E-state index in [9.17, 15) is 9.18 Å². The van der Waals surface area contributed by atoms with E-state index in [-0.39, 0.29) is 13.2 Å². The van der Waals surface area contributed by atoms with Gasteiger partial charge in [0.15, 0.2) is 0 Å². The maximum absolute atomic E-state index is 14.4. The molecule has 3 rings (SSSR count). The molecule has 1 amide bonds. The fourth-order valence-corrected chi connectivity index (χ4v) is 3.06. The summed E-state index contributed by atoms with van der Waals surface area (Å²) in [5.41, 5.74) is 1.88. The van der Waals surface area contributed by atoms with Gasteiger partial charge in [-0.05, 0) is 24.1 Å². The summed E-state index contributed by atoms with van der Waals surface area (Å²) in [5, 5.41) is 3.03. The van der Waals surface area contributed by atoms with Crippen LogP contribution in [-0.4, -0.2) is 36.3 Å². The quantitative estimate of drug-likeness (QED) is 0.904. The van der Waals surface area contributed by atoms with Crippen LogP contribution < -0.4 is 5.32 Å². The van der Waals surface area contributed by atoms with Gasteiger partial charge in [0.05, 0.1) is 6.04 Å². The van der Waals surface area contributed by atoms with E-state index in [4.69, 9.17) is 4.74 Å². The van der Waals surface area contributed by atoms with E-state index in [1.54, 1.807) is 0 Å². The van der Waals surface area contributed by atoms with Crippen LogP contribution in [0.25, 0.3) is 0 Å². The highest BCUT2D eigenvalue weighted by Crippen LogP contribution is 2.20. The van der Waals surface area contributed by atoms with Crippen LogP contribution in [0.5, 0.6) is 0 Å². The molecule has 1 fully saturated rings. The van der Waals surface area contributed by atoms with Crippen LogP contribution in [0.2, 0.25) is 0 Å². The normalized spacial score (nSPS) is 20.0. The molecule has 0 spiro atoms. The first-order valence-corrected chi connectivity index (χ1v) is 8.60. The smallest absolute Gasteiger partial charge is 0.410 e. The molecule has 0 aliphatic carbocycles. The van der Waals surface area contributed by atoms with Gasteiger partial charge < -0.3 is 10.1 Å². The van der Waals surface area contributed by atoms with E-state index >= 15 is 0 Å². The summed E-state index contributed by atoms with van der Waals surface area (Å²) >= 11 is 0. The zero-order valence-electron chi connectivity index (χ0n) is 14.1. The van der Waals surface area contributed by atoms with Crippen LogP contribution in [0.3, 0.4) is 0 Å². The highest BCUT2D eigenvalue weighted by atomic mass is 19.1. The van der Waals surface area contributed by atoms with E-state index in [1.165, 1.54) is 4.90 Å². The van der Waals surface area contributed by atoms with Crippen LogP contribution in [0, 0.1) is 0 Å². The number of carbonyl (C=O) groups is 1. The van der Waals surface area contributed by atoms with E-state index < -0.39 is 18.3 Å². The lowest BCUT2D eigenvalue weighted by Crippen LogP contribution is -2.52. The minimum Gasteiger partial charge on any atom is -0.445 e. The number of alkyl halides is 1. The number of amides is 1. The number of hydrogen-bond acceptors (Lipinski definition) is 3. The number of carbonyl (C=O) groups excluding carboxylic acids is 1. The van der Waals surface area contributed by atoms with E-state index in [2.05, 4.69) is 5.32 Å². The summed E-state index contributed by atoms with van der Waals surface area (Å²) in [6.07, 6.45) is -0.988. The van der Waals surface area contributed by atoms with Gasteiger partial charge in [-0.25, -0.2) is 9.18 Å². The molecule has 4 nitrogen and oxygen atoms in total. The largest absolute Gasteiger partial charge is 0.445 e. The predicted molar refractivity (Wildman–Crippen MR) is 94.8 cm³/mol. The molecule has 1 aliphatic heterocycles. The fourth-order valence-electron chi connectivity index (χ4n) is 3.06. The summed E-state index contributed by atoms with van der Waals surface area (Å²) in [4.78, 5) is 14.2. The average molecular weight is 342 g/mol. The van der Waals surface area contributed by atoms with Gasteiger partial charge in [-0.1, -0.05) is 60.7 Å². The number of hydrogen-bond donors (Lipinski definition) is 1. The molecule has 0 unspecified atom stereocenters. The number of piperidine rings is 1. The number of nitrogens with zero attached hydrogens (tertiary/aromatic N) is 1. The topological polar surface area (TPSA) is 41.6 Å². The highest BCUT2D eigenvalue weighted by molar-refractivity contribution is 5.68. The van der Waals surface area contributed by atoms with Crippen molar-refractivity contribution in [3.8, 4) is 0 Å². The average Bonchev–Trinajstić information content (AvgIpc) is 2.66. The van der Waals surface area contributed by atoms with Gasteiger partial charge in [0, 0.05) is 13.1 Å². The number of ether oxygens (including phenoxy) is 1. The number of nitrogens with one attached hydrogen (secondary N) is 1. The lowest BCUT2D eigenvalue weighted by molar-refractivity contribution is 0.0442. The Kier molecular flexibility index (Phi) is 6.01. The molecule has 25 heavy (non-hydrogen) atoms. The van der Waals surface area contributed by atoms with Crippen LogP contribution >= 0.6 is 0 Å². The number of benzene rings is 2. The van der Waals surface area contributed by atoms with E-state index in [1.807, 2.05) is 60.7 Å². The zero-order chi connectivity index (χ0) is 17.5. The lowest BCUT2D eigenvalue weighted by Gasteiger charge is -2.36. The third kappa shape index (κ3) is 4.79. The van der Waals surface area contributed by atoms with Crippen LogP contribution in [0.1, 0.15) is 17.5 Å². The molecular formula is C20H23FN2O2. The molecule has 2 aromatic rings. The monoisotopic (exact) mass is 342 g/mol. The third-order valence-corrected chi connectivity index (χ3v) is 4.41. The van der Waals surface area contributed by atoms with Crippen molar-refractivity contribution in [2.45, 2.75) is 31.8 Å². The first kappa shape index (κ1) is 17.4. The van der Waals surface area contributed by atoms with Gasteiger partial charge in [-0.15, -0.1) is 0 Å². The first-order chi connectivity index (χ1) is 12.2. The number of halogens is 1. The van der Waals surface area contributed by atoms with Gasteiger partial charge in [0.1, 0.15) is 12.8 Å². The summed E-state index contributed by atoms with van der Waals surface area (Å²) in [5.74, 6) is 0. The Labute approximate surface area is 147 Å². The molecule has 1 saturated heterocycles. The zero-order valence-corrected chi connectivity index (χ0v) is 14.1. The van der Waals surface area contributed by atoms with E-state index in [0.29, 0.717) is 19.5 Å². The molecule has 1 heterocycles. The Hall–Kier alpha value is -2.40. The van der Waals surface area contributed by atoms with Gasteiger partial charge in [0.25, 0.3) is 0 Å². The second-order valence-electron chi connectivity index (χ2n) is 6.23. The highest BCUT2D eigenvalue weighted by Gasteiger charge is 2.34. The third-order valence-electron chi connectivity index (χ3n) is 4.41. The van der Waals surface area contributed by atoms with Crippen molar-refractivity contribution < 1.29 is 13.9 Å². The molecule has 0 bridgehead atoms. The Morgan fingerprint density at radius 2 is 1.72 bits per heavy atom. The maximum Gasteiger partial charge on any atom is 0.410 e. The fraction of sp³-hybridized carbons (Fsp3) is 0.350. The molecular weight excluding hydrogens is 319 g/mol. The summed E-state index contributed by atoms with van der Waals surface area (Å²) in [7, 11) is 0.